The third-order valence-electron chi connectivity index (χ3n) is 2.89. The van der Waals surface area contributed by atoms with E-state index in [1.165, 1.54) is 30.0 Å². The van der Waals surface area contributed by atoms with Gasteiger partial charge in [-0.1, -0.05) is 47.1 Å². The van der Waals surface area contributed by atoms with Gasteiger partial charge in [-0.3, -0.25) is 0 Å². The average molecular weight is 375 g/mol. The molecular formula is C18H9Cl2FN2S. The Balaban J connectivity index is 2.42. The first kappa shape index (κ1) is 18.1. The normalized spacial score (nSPS) is 10.6. The van der Waals surface area contributed by atoms with Crippen molar-refractivity contribution in [1.29, 1.82) is 10.5 Å². The highest BCUT2D eigenvalue weighted by Crippen LogP contribution is 2.36. The molecule has 0 bridgehead atoms. The van der Waals surface area contributed by atoms with E-state index in [1.54, 1.807) is 36.4 Å². The van der Waals surface area contributed by atoms with Gasteiger partial charge in [0.2, 0.25) is 0 Å². The average Bonchev–Trinajstić information content (AvgIpc) is 2.58. The Bertz CT molecular complexity index is 875. The molecule has 2 nitrogen and oxygen atoms in total. The summed E-state index contributed by atoms with van der Waals surface area (Å²) >= 11 is 13.1. The van der Waals surface area contributed by atoms with Gasteiger partial charge in [-0.05, 0) is 48.0 Å². The molecule has 0 saturated carbocycles. The van der Waals surface area contributed by atoms with Crippen molar-refractivity contribution < 1.29 is 4.39 Å². The SMILES string of the molecule is N#CC(C#N)=C/C=C(\Sc1ccc(F)c(Cl)c1)c1ccc(Cl)cc1. The molecule has 6 heteroatoms. The predicted molar refractivity (Wildman–Crippen MR) is 96.0 cm³/mol. The maximum absolute atomic E-state index is 13.3. The zero-order valence-electron chi connectivity index (χ0n) is 12.1. The van der Waals surface area contributed by atoms with Crippen LogP contribution in [0.5, 0.6) is 0 Å². The summed E-state index contributed by atoms with van der Waals surface area (Å²) in [5.74, 6) is -0.491. The lowest BCUT2D eigenvalue weighted by molar-refractivity contribution is 0.627. The summed E-state index contributed by atoms with van der Waals surface area (Å²) in [6, 6.07) is 15.1. The molecule has 2 aromatic rings. The molecule has 0 aliphatic carbocycles. The molecule has 24 heavy (non-hydrogen) atoms. The largest absolute Gasteiger partial charge is 0.205 e. The minimum Gasteiger partial charge on any atom is -0.205 e. The summed E-state index contributed by atoms with van der Waals surface area (Å²) in [6.45, 7) is 0. The smallest absolute Gasteiger partial charge is 0.141 e. The number of thioether (sulfide) groups is 1. The van der Waals surface area contributed by atoms with Gasteiger partial charge >= 0.3 is 0 Å². The molecule has 0 heterocycles. The number of allylic oxidation sites excluding steroid dienone is 3. The van der Waals surface area contributed by atoms with E-state index in [2.05, 4.69) is 0 Å². The van der Waals surface area contributed by atoms with Crippen molar-refractivity contribution in [3.63, 3.8) is 0 Å². The first-order valence-corrected chi connectivity index (χ1v) is 8.21. The third-order valence-corrected chi connectivity index (χ3v) is 4.51. The summed E-state index contributed by atoms with van der Waals surface area (Å²) in [4.78, 5) is 1.49. The standard InChI is InChI=1S/C18H9Cl2FN2S/c19-14-4-2-13(3-5-14)18(8-1-12(10-22)11-23)24-15-6-7-17(21)16(20)9-15/h1-9H/b18-8-. The molecular weight excluding hydrogens is 366 g/mol. The van der Waals surface area contributed by atoms with Crippen molar-refractivity contribution in [1.82, 2.24) is 0 Å². The Morgan fingerprint density at radius 2 is 1.67 bits per heavy atom. The zero-order chi connectivity index (χ0) is 17.5. The number of rotatable bonds is 4. The van der Waals surface area contributed by atoms with E-state index in [9.17, 15) is 4.39 Å². The number of hydrogen-bond acceptors (Lipinski definition) is 3. The lowest BCUT2D eigenvalue weighted by Gasteiger charge is -2.08. The van der Waals surface area contributed by atoms with Crippen LogP contribution >= 0.6 is 35.0 Å². The zero-order valence-corrected chi connectivity index (χ0v) is 14.5. The van der Waals surface area contributed by atoms with Gasteiger partial charge in [0.1, 0.15) is 23.5 Å². The topological polar surface area (TPSA) is 47.6 Å². The van der Waals surface area contributed by atoms with Gasteiger partial charge in [-0.15, -0.1) is 0 Å². The summed E-state index contributed by atoms with van der Waals surface area (Å²) in [7, 11) is 0. The summed E-state index contributed by atoms with van der Waals surface area (Å²) in [5.41, 5.74) is 0.829. The first-order valence-electron chi connectivity index (χ1n) is 6.64. The van der Waals surface area contributed by atoms with Gasteiger partial charge in [0.05, 0.1) is 5.02 Å². The Hall–Kier alpha value is -2.24. The van der Waals surface area contributed by atoms with Crippen LogP contribution in [0, 0.1) is 28.5 Å². The molecule has 0 N–H and O–H groups in total. The highest BCUT2D eigenvalue weighted by Gasteiger charge is 2.07. The van der Waals surface area contributed by atoms with Gasteiger partial charge in [-0.25, -0.2) is 4.39 Å². The predicted octanol–water partition coefficient (Wildman–Crippen LogP) is 6.24. The Morgan fingerprint density at radius 3 is 2.25 bits per heavy atom. The number of halogens is 3. The molecule has 0 fully saturated rings. The Kier molecular flexibility index (Phi) is 6.46. The van der Waals surface area contributed by atoms with Crippen LogP contribution in [0.2, 0.25) is 10.0 Å². The van der Waals surface area contributed by atoms with E-state index >= 15 is 0 Å². The molecule has 0 aliphatic heterocycles. The van der Waals surface area contributed by atoms with E-state index in [-0.39, 0.29) is 10.6 Å². The molecule has 2 aromatic carbocycles. The van der Waals surface area contributed by atoms with Crippen molar-refractivity contribution in [2.24, 2.45) is 0 Å². The van der Waals surface area contributed by atoms with Gasteiger partial charge in [0.25, 0.3) is 0 Å². The monoisotopic (exact) mass is 374 g/mol. The molecule has 0 spiro atoms. The van der Waals surface area contributed by atoms with Crippen LogP contribution in [0.3, 0.4) is 0 Å². The lowest BCUT2D eigenvalue weighted by Crippen LogP contribution is -1.83. The molecule has 0 atom stereocenters. The maximum atomic E-state index is 13.3. The van der Waals surface area contributed by atoms with Crippen LogP contribution in [-0.2, 0) is 0 Å². The fraction of sp³-hybridized carbons (Fsp3) is 0. The minimum atomic E-state index is -0.491. The number of benzene rings is 2. The summed E-state index contributed by atoms with van der Waals surface area (Å²) in [6.07, 6.45) is 3.09. The second kappa shape index (κ2) is 8.57. The maximum Gasteiger partial charge on any atom is 0.141 e. The highest BCUT2D eigenvalue weighted by molar-refractivity contribution is 8.08. The lowest BCUT2D eigenvalue weighted by atomic mass is 10.2. The molecule has 0 radical (unpaired) electrons. The summed E-state index contributed by atoms with van der Waals surface area (Å²) < 4.78 is 13.3. The second-order valence-electron chi connectivity index (χ2n) is 4.52. The van der Waals surface area contributed by atoms with Crippen LogP contribution in [0.4, 0.5) is 4.39 Å². The Labute approximate surface area is 153 Å². The van der Waals surface area contributed by atoms with Crippen molar-refractivity contribution in [2.75, 3.05) is 0 Å². The molecule has 0 aliphatic rings. The van der Waals surface area contributed by atoms with E-state index in [0.29, 0.717) is 5.02 Å². The molecule has 0 amide bonds. The molecule has 118 valence electrons. The van der Waals surface area contributed by atoms with E-state index in [1.807, 2.05) is 12.1 Å². The van der Waals surface area contributed by atoms with E-state index in [0.717, 1.165) is 15.4 Å². The van der Waals surface area contributed by atoms with Crippen molar-refractivity contribution in [2.45, 2.75) is 4.90 Å². The highest BCUT2D eigenvalue weighted by atomic mass is 35.5. The fourth-order valence-electron chi connectivity index (χ4n) is 1.73. The second-order valence-corrected chi connectivity index (χ2v) is 6.48. The van der Waals surface area contributed by atoms with Crippen molar-refractivity contribution in [3.05, 3.63) is 81.6 Å². The van der Waals surface area contributed by atoms with Crippen LogP contribution in [-0.4, -0.2) is 0 Å². The molecule has 0 aromatic heterocycles. The number of hydrogen-bond donors (Lipinski definition) is 0. The quantitative estimate of drug-likeness (QED) is 0.361. The van der Waals surface area contributed by atoms with Gasteiger partial charge in [0.15, 0.2) is 0 Å². The van der Waals surface area contributed by atoms with Crippen molar-refractivity contribution >= 4 is 39.9 Å². The van der Waals surface area contributed by atoms with Gasteiger partial charge in [0, 0.05) is 14.8 Å². The minimum absolute atomic E-state index is 0.0146. The van der Waals surface area contributed by atoms with Crippen LogP contribution < -0.4 is 0 Å². The third kappa shape index (κ3) is 4.88. The molecule has 0 saturated heterocycles. The Morgan fingerprint density at radius 1 is 1.00 bits per heavy atom. The first-order chi connectivity index (χ1) is 11.5. The summed E-state index contributed by atoms with van der Waals surface area (Å²) in [5, 5.41) is 18.3. The van der Waals surface area contributed by atoms with Crippen LogP contribution in [0.25, 0.3) is 4.91 Å². The molecule has 2 rings (SSSR count). The van der Waals surface area contributed by atoms with Gasteiger partial charge < -0.3 is 0 Å². The number of nitriles is 2. The van der Waals surface area contributed by atoms with Crippen LogP contribution in [0.15, 0.2) is 65.1 Å². The van der Waals surface area contributed by atoms with E-state index in [4.69, 9.17) is 33.7 Å². The van der Waals surface area contributed by atoms with Crippen LogP contribution in [0.1, 0.15) is 5.56 Å². The van der Waals surface area contributed by atoms with E-state index < -0.39 is 5.82 Å². The van der Waals surface area contributed by atoms with Gasteiger partial charge in [-0.2, -0.15) is 10.5 Å². The fourth-order valence-corrected chi connectivity index (χ4v) is 3.06. The van der Waals surface area contributed by atoms with Crippen molar-refractivity contribution in [3.8, 4) is 12.1 Å². The number of nitrogens with zero attached hydrogens (tertiary/aromatic N) is 2. The molecule has 0 unspecified atom stereocenters.